The molecule has 0 aliphatic carbocycles. The molecule has 3 aromatic carbocycles. The maximum absolute atomic E-state index is 6.23. The molecule has 0 radical (unpaired) electrons. The van der Waals surface area contributed by atoms with Crippen LogP contribution in [0.5, 0.6) is 11.5 Å². The Morgan fingerprint density at radius 3 is 2.49 bits per heavy atom. The molecule has 4 aromatic rings. The van der Waals surface area contributed by atoms with Crippen LogP contribution < -0.4 is 14.8 Å². The molecule has 0 atom stereocenters. The summed E-state index contributed by atoms with van der Waals surface area (Å²) >= 11 is 14.1. The highest BCUT2D eigenvalue weighted by atomic mass is 35.5. The van der Waals surface area contributed by atoms with Crippen molar-refractivity contribution in [2.75, 3.05) is 19.4 Å². The van der Waals surface area contributed by atoms with Crippen molar-refractivity contribution >= 4 is 47.4 Å². The summed E-state index contributed by atoms with van der Waals surface area (Å²) in [6.07, 6.45) is 0. The first kappa shape index (κ1) is 27.1. The van der Waals surface area contributed by atoms with Crippen molar-refractivity contribution in [1.29, 1.82) is 0 Å². The van der Waals surface area contributed by atoms with Crippen molar-refractivity contribution in [3.05, 3.63) is 87.9 Å². The van der Waals surface area contributed by atoms with Gasteiger partial charge in [0.1, 0.15) is 6.61 Å². The molecule has 1 aromatic heterocycles. The zero-order valence-corrected chi connectivity index (χ0v) is 22.0. The van der Waals surface area contributed by atoms with Gasteiger partial charge in [0.2, 0.25) is 5.16 Å². The quantitative estimate of drug-likeness (QED) is 0.184. The minimum Gasteiger partial charge on any atom is -0.493 e. The second kappa shape index (κ2) is 13.6. The van der Waals surface area contributed by atoms with Crippen molar-refractivity contribution in [2.24, 2.45) is 0 Å². The van der Waals surface area contributed by atoms with E-state index in [-0.39, 0.29) is 19.0 Å². The highest BCUT2D eigenvalue weighted by molar-refractivity contribution is 7.99. The monoisotopic (exact) mass is 551 g/mol. The first-order valence-corrected chi connectivity index (χ1v) is 12.3. The van der Waals surface area contributed by atoms with Gasteiger partial charge in [-0.05, 0) is 52.4 Å². The van der Waals surface area contributed by atoms with Crippen LogP contribution in [0.4, 0.5) is 0 Å². The fraction of sp³-hybridized carbons (Fsp3) is 0.208. The molecule has 0 amide bonds. The second-order valence-electron chi connectivity index (χ2n) is 7.21. The number of halogens is 3. The third-order valence-corrected chi connectivity index (χ3v) is 6.57. The smallest absolute Gasteiger partial charge is 0.214 e. The van der Waals surface area contributed by atoms with E-state index >= 15 is 0 Å². The average molecular weight is 553 g/mol. The lowest BCUT2D eigenvalue weighted by Gasteiger charge is -2.14. The minimum absolute atomic E-state index is 0. The minimum atomic E-state index is 0. The standard InChI is InChI=1S/C24H23Cl2N5O2S.ClH/c1-32-23-14-17(10-11-22(23)33-16-19-20(25)8-5-9-21(19)26)15-27-12-13-34-24-28-29-30-31(24)18-6-3-2-4-7-18;/h2-11,14,27H,12-13,15-16H2,1H3;1H. The molecule has 0 aliphatic rings. The van der Waals surface area contributed by atoms with Crippen molar-refractivity contribution < 1.29 is 9.47 Å². The number of benzene rings is 3. The molecule has 1 N–H and O–H groups in total. The molecule has 0 saturated heterocycles. The zero-order valence-electron chi connectivity index (χ0n) is 18.9. The van der Waals surface area contributed by atoms with E-state index in [0.717, 1.165) is 34.3 Å². The van der Waals surface area contributed by atoms with Crippen molar-refractivity contribution in [2.45, 2.75) is 18.3 Å². The Labute approximate surface area is 224 Å². The molecule has 0 aliphatic heterocycles. The Morgan fingerprint density at radius 1 is 0.971 bits per heavy atom. The number of tetrazole rings is 1. The van der Waals surface area contributed by atoms with Crippen LogP contribution in [0, 0.1) is 0 Å². The van der Waals surface area contributed by atoms with Crippen LogP contribution in [0.15, 0.2) is 71.9 Å². The number of aromatic nitrogens is 4. The number of hydrogen-bond acceptors (Lipinski definition) is 7. The number of rotatable bonds is 11. The van der Waals surface area contributed by atoms with Crippen LogP contribution in [0.3, 0.4) is 0 Å². The number of thioether (sulfide) groups is 1. The molecule has 7 nitrogen and oxygen atoms in total. The Bertz CT molecular complexity index is 1210. The predicted octanol–water partition coefficient (Wildman–Crippen LogP) is 5.86. The zero-order chi connectivity index (χ0) is 23.8. The molecule has 0 saturated carbocycles. The van der Waals surface area contributed by atoms with Crippen LogP contribution in [-0.4, -0.2) is 39.6 Å². The van der Waals surface area contributed by atoms with E-state index < -0.39 is 0 Å². The largest absolute Gasteiger partial charge is 0.493 e. The fourth-order valence-electron chi connectivity index (χ4n) is 3.21. The molecule has 184 valence electrons. The summed E-state index contributed by atoms with van der Waals surface area (Å²) in [6, 6.07) is 21.1. The maximum Gasteiger partial charge on any atom is 0.214 e. The van der Waals surface area contributed by atoms with E-state index in [9.17, 15) is 0 Å². The van der Waals surface area contributed by atoms with Gasteiger partial charge in [-0.15, -0.1) is 17.5 Å². The Morgan fingerprint density at radius 2 is 1.74 bits per heavy atom. The van der Waals surface area contributed by atoms with E-state index in [2.05, 4.69) is 20.8 Å². The number of para-hydroxylation sites is 1. The lowest BCUT2D eigenvalue weighted by Crippen LogP contribution is -2.17. The second-order valence-corrected chi connectivity index (χ2v) is 9.08. The lowest BCUT2D eigenvalue weighted by molar-refractivity contribution is 0.284. The first-order valence-electron chi connectivity index (χ1n) is 10.6. The van der Waals surface area contributed by atoms with Crippen molar-refractivity contribution in [1.82, 2.24) is 25.5 Å². The Hall–Kier alpha value is -2.49. The predicted molar refractivity (Wildman–Crippen MR) is 143 cm³/mol. The highest BCUT2D eigenvalue weighted by Gasteiger charge is 2.11. The third kappa shape index (κ3) is 7.25. The summed E-state index contributed by atoms with van der Waals surface area (Å²) in [6.45, 7) is 1.74. The van der Waals surface area contributed by atoms with E-state index in [0.29, 0.717) is 28.1 Å². The van der Waals surface area contributed by atoms with Crippen LogP contribution in [0.25, 0.3) is 5.69 Å². The van der Waals surface area contributed by atoms with Gasteiger partial charge in [0.15, 0.2) is 11.5 Å². The van der Waals surface area contributed by atoms with Gasteiger partial charge in [-0.3, -0.25) is 0 Å². The van der Waals surface area contributed by atoms with Crippen molar-refractivity contribution in [3.63, 3.8) is 0 Å². The van der Waals surface area contributed by atoms with E-state index in [1.54, 1.807) is 41.8 Å². The summed E-state index contributed by atoms with van der Waals surface area (Å²) in [5, 5.41) is 17.3. The summed E-state index contributed by atoms with van der Waals surface area (Å²) in [5.74, 6) is 2.11. The maximum atomic E-state index is 6.23. The lowest BCUT2D eigenvalue weighted by atomic mass is 10.2. The van der Waals surface area contributed by atoms with Crippen LogP contribution in [-0.2, 0) is 13.2 Å². The summed E-state index contributed by atoms with van der Waals surface area (Å²) in [5.41, 5.74) is 2.77. The number of nitrogens with zero attached hydrogens (tertiary/aromatic N) is 4. The molecule has 0 spiro atoms. The topological polar surface area (TPSA) is 74.1 Å². The molecule has 4 rings (SSSR count). The van der Waals surface area contributed by atoms with Gasteiger partial charge in [-0.1, -0.05) is 65.3 Å². The van der Waals surface area contributed by atoms with E-state index in [1.807, 2.05) is 48.5 Å². The molecule has 11 heteroatoms. The van der Waals surface area contributed by atoms with Gasteiger partial charge in [0, 0.05) is 34.5 Å². The Balaban J connectivity index is 0.00000342. The number of methoxy groups -OCH3 is 1. The van der Waals surface area contributed by atoms with Gasteiger partial charge in [0.25, 0.3) is 0 Å². The molecular weight excluding hydrogens is 529 g/mol. The van der Waals surface area contributed by atoms with Crippen LogP contribution in [0.1, 0.15) is 11.1 Å². The van der Waals surface area contributed by atoms with Gasteiger partial charge in [-0.2, -0.15) is 4.68 Å². The Kier molecular flexibility index (Phi) is 10.5. The SMILES string of the molecule is COc1cc(CNCCSc2nnnn2-c2ccccc2)ccc1OCc1c(Cl)cccc1Cl.Cl. The number of hydrogen-bond donors (Lipinski definition) is 1. The summed E-state index contributed by atoms with van der Waals surface area (Å²) in [7, 11) is 1.62. The number of nitrogens with one attached hydrogen (secondary N) is 1. The van der Waals surface area contributed by atoms with Gasteiger partial charge >= 0.3 is 0 Å². The molecule has 0 unspecified atom stereocenters. The van der Waals surface area contributed by atoms with Crippen LogP contribution >= 0.6 is 47.4 Å². The van der Waals surface area contributed by atoms with Crippen LogP contribution in [0.2, 0.25) is 10.0 Å². The molecule has 0 bridgehead atoms. The molecule has 35 heavy (non-hydrogen) atoms. The van der Waals surface area contributed by atoms with Crippen molar-refractivity contribution in [3.8, 4) is 17.2 Å². The highest BCUT2D eigenvalue weighted by Crippen LogP contribution is 2.31. The molecular formula is C24H24Cl3N5O2S. The first-order chi connectivity index (χ1) is 16.7. The van der Waals surface area contributed by atoms with E-state index in [1.165, 1.54) is 0 Å². The summed E-state index contributed by atoms with van der Waals surface area (Å²) < 4.78 is 13.2. The molecule has 0 fully saturated rings. The summed E-state index contributed by atoms with van der Waals surface area (Å²) in [4.78, 5) is 0. The van der Waals surface area contributed by atoms with Gasteiger partial charge in [0.05, 0.1) is 12.8 Å². The third-order valence-electron chi connectivity index (χ3n) is 4.94. The number of ether oxygens (including phenoxy) is 2. The van der Waals surface area contributed by atoms with Gasteiger partial charge < -0.3 is 14.8 Å². The van der Waals surface area contributed by atoms with E-state index in [4.69, 9.17) is 32.7 Å². The fourth-order valence-corrected chi connectivity index (χ4v) is 4.50. The molecule has 1 heterocycles. The normalized spacial score (nSPS) is 10.6. The average Bonchev–Trinajstić information content (AvgIpc) is 3.33. The van der Waals surface area contributed by atoms with Gasteiger partial charge in [-0.25, -0.2) is 0 Å².